The van der Waals surface area contributed by atoms with Crippen LogP contribution in [0.15, 0.2) is 22.7 Å². The first-order chi connectivity index (χ1) is 7.81. The third-order valence-corrected chi connectivity index (χ3v) is 4.21. The van der Waals surface area contributed by atoms with E-state index >= 15 is 0 Å². The van der Waals surface area contributed by atoms with Gasteiger partial charge in [0.2, 0.25) is 0 Å². The van der Waals surface area contributed by atoms with Crippen LogP contribution in [-0.2, 0) is 6.42 Å². The third-order valence-electron chi connectivity index (χ3n) is 3.52. The first-order valence-electron chi connectivity index (χ1n) is 6.24. The molecule has 1 N–H and O–H groups in total. The molecule has 0 aliphatic heterocycles. The SMILES string of the molecule is CNCCc1ccc(C2CCCC2)c(Br)c1. The van der Waals surface area contributed by atoms with Crippen molar-refractivity contribution in [2.75, 3.05) is 13.6 Å². The number of benzene rings is 1. The fraction of sp³-hybridized carbons (Fsp3) is 0.571. The Morgan fingerprint density at radius 1 is 1.31 bits per heavy atom. The van der Waals surface area contributed by atoms with Gasteiger partial charge in [-0.25, -0.2) is 0 Å². The second-order valence-electron chi connectivity index (χ2n) is 4.69. The van der Waals surface area contributed by atoms with Crippen molar-refractivity contribution in [3.05, 3.63) is 33.8 Å². The molecular formula is C14H20BrN. The van der Waals surface area contributed by atoms with Gasteiger partial charge < -0.3 is 5.32 Å². The minimum absolute atomic E-state index is 0.799. The van der Waals surface area contributed by atoms with E-state index in [0.29, 0.717) is 0 Å². The van der Waals surface area contributed by atoms with E-state index in [0.717, 1.165) is 18.9 Å². The Balaban J connectivity index is 2.09. The summed E-state index contributed by atoms with van der Waals surface area (Å²) in [7, 11) is 2.00. The van der Waals surface area contributed by atoms with E-state index in [-0.39, 0.29) is 0 Å². The zero-order valence-electron chi connectivity index (χ0n) is 9.93. The molecule has 0 bridgehead atoms. The van der Waals surface area contributed by atoms with Crippen LogP contribution in [0.3, 0.4) is 0 Å². The molecule has 2 rings (SSSR count). The average molecular weight is 282 g/mol. The Labute approximate surface area is 107 Å². The Hall–Kier alpha value is -0.340. The summed E-state index contributed by atoms with van der Waals surface area (Å²) in [5, 5.41) is 3.19. The fourth-order valence-corrected chi connectivity index (χ4v) is 3.31. The van der Waals surface area contributed by atoms with Crippen LogP contribution < -0.4 is 5.32 Å². The minimum atomic E-state index is 0.799. The van der Waals surface area contributed by atoms with E-state index in [1.165, 1.54) is 41.3 Å². The number of hydrogen-bond donors (Lipinski definition) is 1. The maximum Gasteiger partial charge on any atom is 0.0212 e. The third kappa shape index (κ3) is 2.86. The largest absolute Gasteiger partial charge is 0.319 e. The summed E-state index contributed by atoms with van der Waals surface area (Å²) >= 11 is 3.73. The van der Waals surface area contributed by atoms with Gasteiger partial charge in [0, 0.05) is 4.47 Å². The zero-order valence-corrected chi connectivity index (χ0v) is 11.5. The van der Waals surface area contributed by atoms with Crippen LogP contribution in [0, 0.1) is 0 Å². The minimum Gasteiger partial charge on any atom is -0.319 e. The summed E-state index contributed by atoms with van der Waals surface area (Å²) in [6.07, 6.45) is 6.65. The smallest absolute Gasteiger partial charge is 0.0212 e. The molecule has 1 nitrogen and oxygen atoms in total. The maximum absolute atomic E-state index is 3.73. The summed E-state index contributed by atoms with van der Waals surface area (Å²) in [5.41, 5.74) is 2.94. The fourth-order valence-electron chi connectivity index (χ4n) is 2.56. The lowest BCUT2D eigenvalue weighted by Gasteiger charge is -2.13. The Kier molecular flexibility index (Phi) is 4.42. The molecule has 1 saturated carbocycles. The highest BCUT2D eigenvalue weighted by atomic mass is 79.9. The quantitative estimate of drug-likeness (QED) is 0.884. The van der Waals surface area contributed by atoms with Crippen LogP contribution in [-0.4, -0.2) is 13.6 Å². The molecule has 16 heavy (non-hydrogen) atoms. The first kappa shape index (κ1) is 12.1. The van der Waals surface area contributed by atoms with Gasteiger partial charge in [-0.3, -0.25) is 0 Å². The highest BCUT2D eigenvalue weighted by molar-refractivity contribution is 9.10. The van der Waals surface area contributed by atoms with Crippen molar-refractivity contribution in [3.8, 4) is 0 Å². The topological polar surface area (TPSA) is 12.0 Å². The van der Waals surface area contributed by atoms with Crippen molar-refractivity contribution in [2.24, 2.45) is 0 Å². The van der Waals surface area contributed by atoms with Gasteiger partial charge in [0.25, 0.3) is 0 Å². The van der Waals surface area contributed by atoms with E-state index in [1.807, 2.05) is 7.05 Å². The zero-order chi connectivity index (χ0) is 11.4. The van der Waals surface area contributed by atoms with Gasteiger partial charge in [-0.05, 0) is 56.0 Å². The Morgan fingerprint density at radius 2 is 2.06 bits per heavy atom. The standard InChI is InChI=1S/C14H20BrN/c1-16-9-8-11-6-7-13(14(15)10-11)12-4-2-3-5-12/h6-7,10,12,16H,2-5,8-9H2,1H3. The molecule has 1 fully saturated rings. The van der Waals surface area contributed by atoms with Gasteiger partial charge in [0.15, 0.2) is 0 Å². The Morgan fingerprint density at radius 3 is 2.69 bits per heavy atom. The second kappa shape index (κ2) is 5.83. The molecule has 0 amide bonds. The molecule has 1 aromatic carbocycles. The predicted molar refractivity (Wildman–Crippen MR) is 73.0 cm³/mol. The number of halogens is 1. The van der Waals surface area contributed by atoms with Crippen LogP contribution in [0.2, 0.25) is 0 Å². The van der Waals surface area contributed by atoms with Gasteiger partial charge in [0.1, 0.15) is 0 Å². The number of likely N-dealkylation sites (N-methyl/N-ethyl adjacent to an activating group) is 1. The van der Waals surface area contributed by atoms with Gasteiger partial charge in [-0.2, -0.15) is 0 Å². The molecule has 0 aromatic heterocycles. The summed E-state index contributed by atoms with van der Waals surface area (Å²) < 4.78 is 1.31. The monoisotopic (exact) mass is 281 g/mol. The van der Waals surface area contributed by atoms with Crippen molar-refractivity contribution in [2.45, 2.75) is 38.0 Å². The molecule has 88 valence electrons. The maximum atomic E-state index is 3.73. The molecule has 1 aliphatic rings. The van der Waals surface area contributed by atoms with Crippen molar-refractivity contribution in [1.29, 1.82) is 0 Å². The molecule has 0 unspecified atom stereocenters. The average Bonchev–Trinajstić information content (AvgIpc) is 2.80. The summed E-state index contributed by atoms with van der Waals surface area (Å²) in [5.74, 6) is 0.799. The van der Waals surface area contributed by atoms with Crippen molar-refractivity contribution < 1.29 is 0 Å². The van der Waals surface area contributed by atoms with Crippen LogP contribution in [0.5, 0.6) is 0 Å². The van der Waals surface area contributed by atoms with Crippen LogP contribution in [0.25, 0.3) is 0 Å². The second-order valence-corrected chi connectivity index (χ2v) is 5.55. The number of nitrogens with one attached hydrogen (secondary N) is 1. The lowest BCUT2D eigenvalue weighted by molar-refractivity contribution is 0.718. The van der Waals surface area contributed by atoms with E-state index in [1.54, 1.807) is 0 Å². The van der Waals surface area contributed by atoms with Gasteiger partial charge in [-0.1, -0.05) is 40.9 Å². The van der Waals surface area contributed by atoms with Gasteiger partial charge in [0.05, 0.1) is 0 Å². The van der Waals surface area contributed by atoms with E-state index in [2.05, 4.69) is 39.4 Å². The van der Waals surface area contributed by atoms with Gasteiger partial charge in [-0.15, -0.1) is 0 Å². The van der Waals surface area contributed by atoms with Crippen LogP contribution in [0.1, 0.15) is 42.7 Å². The molecule has 0 spiro atoms. The molecule has 2 heteroatoms. The molecule has 0 radical (unpaired) electrons. The highest BCUT2D eigenvalue weighted by Gasteiger charge is 2.19. The summed E-state index contributed by atoms with van der Waals surface area (Å²) in [4.78, 5) is 0. The summed E-state index contributed by atoms with van der Waals surface area (Å²) in [6.45, 7) is 1.05. The predicted octanol–water partition coefficient (Wildman–Crippen LogP) is 3.87. The molecule has 1 aliphatic carbocycles. The first-order valence-corrected chi connectivity index (χ1v) is 7.03. The van der Waals surface area contributed by atoms with Crippen molar-refractivity contribution in [3.63, 3.8) is 0 Å². The van der Waals surface area contributed by atoms with Gasteiger partial charge >= 0.3 is 0 Å². The molecule has 0 saturated heterocycles. The molecule has 0 heterocycles. The van der Waals surface area contributed by atoms with Crippen LogP contribution in [0.4, 0.5) is 0 Å². The van der Waals surface area contributed by atoms with Crippen LogP contribution >= 0.6 is 15.9 Å². The number of rotatable bonds is 4. The molecular weight excluding hydrogens is 262 g/mol. The normalized spacial score (nSPS) is 16.9. The summed E-state index contributed by atoms with van der Waals surface area (Å²) in [6, 6.07) is 6.91. The Bertz CT molecular complexity index is 343. The number of hydrogen-bond acceptors (Lipinski definition) is 1. The lowest BCUT2D eigenvalue weighted by Crippen LogP contribution is -2.10. The van der Waals surface area contributed by atoms with E-state index in [4.69, 9.17) is 0 Å². The van der Waals surface area contributed by atoms with E-state index < -0.39 is 0 Å². The van der Waals surface area contributed by atoms with Crippen molar-refractivity contribution in [1.82, 2.24) is 5.32 Å². The lowest BCUT2D eigenvalue weighted by atomic mass is 9.96. The highest BCUT2D eigenvalue weighted by Crippen LogP contribution is 2.37. The molecule has 1 aromatic rings. The van der Waals surface area contributed by atoms with E-state index in [9.17, 15) is 0 Å². The molecule has 0 atom stereocenters. The van der Waals surface area contributed by atoms with Crippen molar-refractivity contribution >= 4 is 15.9 Å².